The first-order chi connectivity index (χ1) is 8.44. The van der Waals surface area contributed by atoms with Crippen molar-refractivity contribution < 1.29 is 22.0 Å². The highest BCUT2D eigenvalue weighted by Gasteiger charge is 2.31. The normalized spacial score (nSPS) is 17.9. The van der Waals surface area contributed by atoms with Crippen LogP contribution in [0.5, 0.6) is 0 Å². The molecule has 0 spiro atoms. The van der Waals surface area contributed by atoms with Crippen molar-refractivity contribution in [1.82, 2.24) is 4.47 Å². The molecule has 1 aliphatic rings. The number of hydroxylamine groups is 1. The van der Waals surface area contributed by atoms with Crippen molar-refractivity contribution >= 4 is 15.7 Å². The van der Waals surface area contributed by atoms with Crippen molar-refractivity contribution in [2.24, 2.45) is 0 Å². The number of rotatable bonds is 2. The minimum atomic E-state index is -4.14. The second kappa shape index (κ2) is 4.79. The van der Waals surface area contributed by atoms with E-state index >= 15 is 0 Å². The first kappa shape index (κ1) is 13.2. The molecule has 1 aliphatic heterocycles. The smallest absolute Gasteiger partial charge is 0.268 e. The van der Waals surface area contributed by atoms with E-state index in [0.717, 1.165) is 18.6 Å². The molecule has 0 bridgehead atoms. The van der Waals surface area contributed by atoms with Crippen LogP contribution in [0.25, 0.3) is 0 Å². The maximum atomic E-state index is 13.7. The van der Waals surface area contributed by atoms with E-state index in [0.29, 0.717) is 10.9 Å². The highest BCUT2D eigenvalue weighted by molar-refractivity contribution is 7.89. The summed E-state index contributed by atoms with van der Waals surface area (Å²) in [5.41, 5.74) is 4.32. The first-order valence-electron chi connectivity index (χ1n) is 5.33. The van der Waals surface area contributed by atoms with Gasteiger partial charge in [-0.1, -0.05) is 4.47 Å². The fourth-order valence-corrected chi connectivity index (χ4v) is 3.00. The van der Waals surface area contributed by atoms with Crippen LogP contribution in [0.4, 0.5) is 14.5 Å². The third-order valence-corrected chi connectivity index (χ3v) is 4.30. The monoisotopic (exact) mass is 278 g/mol. The van der Waals surface area contributed by atoms with Crippen molar-refractivity contribution in [2.45, 2.75) is 17.7 Å². The van der Waals surface area contributed by atoms with Gasteiger partial charge in [0.15, 0.2) is 5.82 Å². The molecule has 8 heteroatoms. The van der Waals surface area contributed by atoms with Gasteiger partial charge in [0.2, 0.25) is 0 Å². The number of nitrogen functional groups attached to an aromatic ring is 1. The van der Waals surface area contributed by atoms with E-state index in [9.17, 15) is 17.2 Å². The highest BCUT2D eigenvalue weighted by Crippen LogP contribution is 2.26. The van der Waals surface area contributed by atoms with E-state index in [-0.39, 0.29) is 13.2 Å². The molecule has 100 valence electrons. The molecule has 1 aromatic carbocycles. The van der Waals surface area contributed by atoms with Crippen molar-refractivity contribution in [1.29, 1.82) is 0 Å². The summed E-state index contributed by atoms with van der Waals surface area (Å²) in [5, 5.41) is 0. The summed E-state index contributed by atoms with van der Waals surface area (Å²) >= 11 is 0. The Morgan fingerprint density at radius 1 is 1.28 bits per heavy atom. The van der Waals surface area contributed by atoms with E-state index in [4.69, 9.17) is 10.6 Å². The third-order valence-electron chi connectivity index (χ3n) is 2.61. The Labute approximate surface area is 103 Å². The zero-order valence-electron chi connectivity index (χ0n) is 9.40. The molecule has 0 atom stereocenters. The lowest BCUT2D eigenvalue weighted by molar-refractivity contribution is -0.109. The fourth-order valence-electron chi connectivity index (χ4n) is 1.62. The second-order valence-electron chi connectivity index (χ2n) is 3.84. The van der Waals surface area contributed by atoms with Gasteiger partial charge in [-0.05, 0) is 25.0 Å². The van der Waals surface area contributed by atoms with E-state index < -0.39 is 32.2 Å². The topological polar surface area (TPSA) is 72.6 Å². The van der Waals surface area contributed by atoms with Crippen molar-refractivity contribution in [3.63, 3.8) is 0 Å². The standard InChI is InChI=1S/C10H12F2N2O3S/c11-7-3-4-8(9(12)10(7)13)18(15,16)14-5-1-2-6-17-14/h3-4H,1-2,5-6,13H2. The Kier molecular flexibility index (Phi) is 3.51. The fraction of sp³-hybridized carbons (Fsp3) is 0.400. The predicted octanol–water partition coefficient (Wildman–Crippen LogP) is 1.26. The van der Waals surface area contributed by atoms with Crippen molar-refractivity contribution in [3.8, 4) is 0 Å². The number of hydrogen-bond acceptors (Lipinski definition) is 4. The summed E-state index contributed by atoms with van der Waals surface area (Å²) in [6.07, 6.45) is 1.36. The number of nitrogens with zero attached hydrogens (tertiary/aromatic N) is 1. The maximum absolute atomic E-state index is 13.7. The van der Waals surface area contributed by atoms with E-state index in [1.807, 2.05) is 0 Å². The number of hydrogen-bond donors (Lipinski definition) is 1. The van der Waals surface area contributed by atoms with Crippen molar-refractivity contribution in [3.05, 3.63) is 23.8 Å². The van der Waals surface area contributed by atoms with Crippen LogP contribution in [0, 0.1) is 11.6 Å². The minimum absolute atomic E-state index is 0.138. The van der Waals surface area contributed by atoms with Crippen LogP contribution in [0.1, 0.15) is 12.8 Å². The summed E-state index contributed by atoms with van der Waals surface area (Å²) in [4.78, 5) is 4.29. The molecule has 1 aromatic rings. The van der Waals surface area contributed by atoms with Crippen LogP contribution in [-0.2, 0) is 14.9 Å². The second-order valence-corrected chi connectivity index (χ2v) is 5.64. The van der Waals surface area contributed by atoms with Gasteiger partial charge in [-0.15, -0.1) is 0 Å². The molecule has 0 radical (unpaired) electrons. The van der Waals surface area contributed by atoms with Crippen molar-refractivity contribution in [2.75, 3.05) is 18.9 Å². The van der Waals surface area contributed by atoms with Gasteiger partial charge < -0.3 is 5.73 Å². The predicted molar refractivity (Wildman–Crippen MR) is 59.8 cm³/mol. The lowest BCUT2D eigenvalue weighted by Gasteiger charge is -2.25. The Bertz CT molecular complexity index is 556. The maximum Gasteiger partial charge on any atom is 0.268 e. The molecule has 0 unspecified atom stereocenters. The van der Waals surface area contributed by atoms with Gasteiger partial charge in [0.05, 0.1) is 6.61 Å². The van der Waals surface area contributed by atoms with Crippen LogP contribution >= 0.6 is 0 Å². The van der Waals surface area contributed by atoms with E-state index in [1.54, 1.807) is 0 Å². The molecule has 2 N–H and O–H groups in total. The largest absolute Gasteiger partial charge is 0.394 e. The third kappa shape index (κ3) is 2.18. The summed E-state index contributed by atoms with van der Waals surface area (Å²) in [6.45, 7) is 0.385. The van der Waals surface area contributed by atoms with Crippen LogP contribution in [0.3, 0.4) is 0 Å². The van der Waals surface area contributed by atoms with Crippen LogP contribution in [0.2, 0.25) is 0 Å². The summed E-state index contributed by atoms with van der Waals surface area (Å²) < 4.78 is 51.5. The van der Waals surface area contributed by atoms with Gasteiger partial charge >= 0.3 is 0 Å². The first-order valence-corrected chi connectivity index (χ1v) is 6.77. The molecular formula is C10H12F2N2O3S. The Hall–Kier alpha value is -1.25. The Morgan fingerprint density at radius 3 is 2.61 bits per heavy atom. The zero-order chi connectivity index (χ0) is 13.3. The minimum Gasteiger partial charge on any atom is -0.394 e. The van der Waals surface area contributed by atoms with Gasteiger partial charge in [0, 0.05) is 6.54 Å². The molecule has 1 fully saturated rings. The molecular weight excluding hydrogens is 266 g/mol. The number of halogens is 2. The molecule has 5 nitrogen and oxygen atoms in total. The molecule has 0 amide bonds. The number of benzene rings is 1. The highest BCUT2D eigenvalue weighted by atomic mass is 32.2. The van der Waals surface area contributed by atoms with Gasteiger partial charge in [-0.3, -0.25) is 4.84 Å². The van der Waals surface area contributed by atoms with Gasteiger partial charge in [0.25, 0.3) is 10.0 Å². The number of anilines is 1. The average Bonchev–Trinajstić information content (AvgIpc) is 2.37. The molecule has 0 saturated carbocycles. The van der Waals surface area contributed by atoms with Gasteiger partial charge in [-0.2, -0.15) is 0 Å². The van der Waals surface area contributed by atoms with E-state index in [2.05, 4.69) is 0 Å². The van der Waals surface area contributed by atoms with Crippen LogP contribution in [0.15, 0.2) is 17.0 Å². The average molecular weight is 278 g/mol. The molecule has 2 rings (SSSR count). The van der Waals surface area contributed by atoms with E-state index in [1.165, 1.54) is 0 Å². The zero-order valence-corrected chi connectivity index (χ0v) is 10.2. The summed E-state index contributed by atoms with van der Waals surface area (Å²) in [7, 11) is -4.14. The summed E-state index contributed by atoms with van der Waals surface area (Å²) in [6, 6.07) is 1.66. The van der Waals surface area contributed by atoms with Crippen LogP contribution in [-0.4, -0.2) is 26.0 Å². The molecule has 18 heavy (non-hydrogen) atoms. The SMILES string of the molecule is Nc1c(F)ccc(S(=O)(=O)N2CCCCO2)c1F. The molecule has 1 heterocycles. The quantitative estimate of drug-likeness (QED) is 0.827. The van der Waals surface area contributed by atoms with Gasteiger partial charge in [0.1, 0.15) is 16.4 Å². The molecule has 1 saturated heterocycles. The Balaban J connectivity index is 2.44. The summed E-state index contributed by atoms with van der Waals surface area (Å²) in [5.74, 6) is -2.28. The lowest BCUT2D eigenvalue weighted by Crippen LogP contribution is -2.36. The lowest BCUT2D eigenvalue weighted by atomic mass is 10.3. The molecule has 0 aliphatic carbocycles. The van der Waals surface area contributed by atoms with Crippen LogP contribution < -0.4 is 5.73 Å². The number of nitrogens with two attached hydrogens (primary N) is 1. The molecule has 0 aromatic heterocycles. The van der Waals surface area contributed by atoms with Gasteiger partial charge in [-0.25, -0.2) is 17.2 Å². The number of sulfonamides is 1. The Morgan fingerprint density at radius 2 is 2.00 bits per heavy atom.